The molecule has 118 valence electrons. The van der Waals surface area contributed by atoms with Crippen LogP contribution in [0.5, 0.6) is 0 Å². The van der Waals surface area contributed by atoms with Crippen LogP contribution >= 0.6 is 0 Å². The van der Waals surface area contributed by atoms with Gasteiger partial charge in [0, 0.05) is 0 Å². The quantitative estimate of drug-likeness (QED) is 0.236. The van der Waals surface area contributed by atoms with Gasteiger partial charge >= 0.3 is 130 Å². The Balaban J connectivity index is 4.81. The summed E-state index contributed by atoms with van der Waals surface area (Å²) in [6, 6.07) is 0. The van der Waals surface area contributed by atoms with Gasteiger partial charge in [-0.1, -0.05) is 0 Å². The first-order valence-electron chi connectivity index (χ1n) is 8.36. The van der Waals surface area contributed by atoms with Crippen LogP contribution in [-0.4, -0.2) is 24.3 Å². The van der Waals surface area contributed by atoms with E-state index in [4.69, 9.17) is 4.74 Å². The van der Waals surface area contributed by atoms with Crippen LogP contribution in [0.4, 0.5) is 0 Å². The molecule has 0 heterocycles. The molecular weight excluding hydrogens is 355 g/mol. The molecule has 0 spiro atoms. The van der Waals surface area contributed by atoms with Crippen LogP contribution < -0.4 is 0 Å². The maximum absolute atomic E-state index is 11.1. The van der Waals surface area contributed by atoms with Gasteiger partial charge in [-0.3, -0.25) is 0 Å². The fourth-order valence-corrected chi connectivity index (χ4v) is 18.6. The summed E-state index contributed by atoms with van der Waals surface area (Å²) >= 11 is -2.21. The zero-order chi connectivity index (χ0) is 15.4. The van der Waals surface area contributed by atoms with Crippen LogP contribution in [0.3, 0.4) is 0 Å². The Morgan fingerprint density at radius 3 is 1.65 bits per heavy atom. The molecule has 0 atom stereocenters. The van der Waals surface area contributed by atoms with Gasteiger partial charge < -0.3 is 0 Å². The van der Waals surface area contributed by atoms with Gasteiger partial charge in [0.2, 0.25) is 0 Å². The number of ether oxygens (including phenoxy) is 1. The van der Waals surface area contributed by atoms with Crippen LogP contribution in [0.15, 0.2) is 12.3 Å². The Morgan fingerprint density at radius 2 is 1.35 bits per heavy atom. The Kier molecular flexibility index (Phi) is 11.6. The fraction of sp³-hybridized carbons (Fsp3) is 0.824. The van der Waals surface area contributed by atoms with Crippen molar-refractivity contribution in [2.75, 3.05) is 0 Å². The van der Waals surface area contributed by atoms with Crippen molar-refractivity contribution in [2.45, 2.75) is 84.0 Å². The Morgan fingerprint density at radius 1 is 0.950 bits per heavy atom. The molecule has 0 aliphatic rings. The third-order valence-electron chi connectivity index (χ3n) is 4.04. The number of esters is 1. The van der Waals surface area contributed by atoms with E-state index in [0.717, 1.165) is 10.2 Å². The van der Waals surface area contributed by atoms with Crippen LogP contribution in [0, 0.1) is 0 Å². The van der Waals surface area contributed by atoms with Crippen LogP contribution in [0.25, 0.3) is 0 Å². The molecule has 0 unspecified atom stereocenters. The topological polar surface area (TPSA) is 26.3 Å². The molecule has 20 heavy (non-hydrogen) atoms. The zero-order valence-electron chi connectivity index (χ0n) is 14.1. The summed E-state index contributed by atoms with van der Waals surface area (Å²) in [5.41, 5.74) is 0. The number of carbonyl (C=O) groups excluding carboxylic acids is 1. The molecule has 2 nitrogen and oxygen atoms in total. The Labute approximate surface area is 130 Å². The summed E-state index contributed by atoms with van der Waals surface area (Å²) in [7, 11) is 0. The summed E-state index contributed by atoms with van der Waals surface area (Å²) in [4.78, 5) is 11.1. The van der Waals surface area contributed by atoms with Gasteiger partial charge in [0.05, 0.1) is 0 Å². The molecule has 0 aliphatic heterocycles. The van der Waals surface area contributed by atoms with Crippen molar-refractivity contribution in [1.82, 2.24) is 0 Å². The number of hydrogen-bond acceptors (Lipinski definition) is 2. The molecule has 0 N–H and O–H groups in total. The number of carbonyl (C=O) groups is 1. The maximum atomic E-state index is 11.1. The Hall–Kier alpha value is 0.00870. The van der Waals surface area contributed by atoms with Crippen LogP contribution in [0.2, 0.25) is 17.7 Å². The predicted molar refractivity (Wildman–Crippen MR) is 90.6 cm³/mol. The monoisotopic (exact) mass is 390 g/mol. The molecule has 0 aromatic carbocycles. The second kappa shape index (κ2) is 11.6. The normalized spacial score (nSPS) is 11.4. The standard InChI is InChI=1S/C5H7O2.3C4H9.Sn/c1-4(2)7-5(3)6;3*1-3-4-2;/h1-2H2,3H3;3*1,3-4H2,2H3;. The van der Waals surface area contributed by atoms with E-state index >= 15 is 0 Å². The fourth-order valence-electron chi connectivity index (χ4n) is 2.95. The zero-order valence-corrected chi connectivity index (χ0v) is 16.9. The molecule has 3 heteroatoms. The van der Waals surface area contributed by atoms with E-state index in [9.17, 15) is 4.79 Å². The molecular formula is C17H34O2Sn. The van der Waals surface area contributed by atoms with E-state index < -0.39 is 18.4 Å². The third-order valence-corrected chi connectivity index (χ3v) is 19.4. The molecule has 0 aromatic rings. The van der Waals surface area contributed by atoms with Gasteiger partial charge in [0.25, 0.3) is 0 Å². The minimum atomic E-state index is -2.21. The Bertz CT molecular complexity index is 265. The molecule has 0 radical (unpaired) electrons. The van der Waals surface area contributed by atoms with Gasteiger partial charge in [0.15, 0.2) is 0 Å². The van der Waals surface area contributed by atoms with Crippen molar-refractivity contribution in [1.29, 1.82) is 0 Å². The summed E-state index contributed by atoms with van der Waals surface area (Å²) < 4.78 is 10.6. The van der Waals surface area contributed by atoms with Gasteiger partial charge in [0.1, 0.15) is 0 Å². The summed E-state index contributed by atoms with van der Waals surface area (Å²) in [6.45, 7) is 12.3. The van der Waals surface area contributed by atoms with Crippen LogP contribution in [-0.2, 0) is 9.53 Å². The van der Waals surface area contributed by atoms with Crippen molar-refractivity contribution in [3.8, 4) is 0 Å². The third kappa shape index (κ3) is 9.04. The van der Waals surface area contributed by atoms with E-state index in [1.807, 2.05) is 0 Å². The van der Waals surface area contributed by atoms with Gasteiger partial charge in [-0.15, -0.1) is 0 Å². The minimum absolute atomic E-state index is 0.211. The second-order valence-corrected chi connectivity index (χ2v) is 20.0. The second-order valence-electron chi connectivity index (χ2n) is 6.12. The van der Waals surface area contributed by atoms with Crippen LogP contribution in [0.1, 0.15) is 66.2 Å². The van der Waals surface area contributed by atoms with E-state index in [1.165, 1.54) is 58.8 Å². The number of rotatable bonds is 12. The van der Waals surface area contributed by atoms with Gasteiger partial charge in [-0.2, -0.15) is 0 Å². The molecule has 0 amide bonds. The molecule has 0 aromatic heterocycles. The summed E-state index contributed by atoms with van der Waals surface area (Å²) in [5, 5.41) is 0. The van der Waals surface area contributed by atoms with Crippen molar-refractivity contribution < 1.29 is 9.53 Å². The van der Waals surface area contributed by atoms with Crippen molar-refractivity contribution >= 4 is 24.3 Å². The number of allylic oxidation sites excluding steroid dienone is 1. The number of unbranched alkanes of at least 4 members (excludes halogenated alkanes) is 3. The average Bonchev–Trinajstić information content (AvgIpc) is 2.39. The van der Waals surface area contributed by atoms with Crippen molar-refractivity contribution in [3.05, 3.63) is 12.3 Å². The molecule has 0 fully saturated rings. The molecule has 0 saturated carbocycles. The van der Waals surface area contributed by atoms with E-state index in [2.05, 4.69) is 27.4 Å². The first-order chi connectivity index (χ1) is 9.49. The first kappa shape index (κ1) is 20.0. The summed E-state index contributed by atoms with van der Waals surface area (Å²) in [6.07, 6.45) is 7.86. The average molecular weight is 389 g/mol. The van der Waals surface area contributed by atoms with Gasteiger partial charge in [-0.05, 0) is 0 Å². The number of hydrogen-bond donors (Lipinski definition) is 0. The van der Waals surface area contributed by atoms with E-state index in [-0.39, 0.29) is 5.97 Å². The van der Waals surface area contributed by atoms with Gasteiger partial charge in [-0.25, -0.2) is 0 Å². The summed E-state index contributed by atoms with van der Waals surface area (Å²) in [5.74, 6) is 0.535. The van der Waals surface area contributed by atoms with E-state index in [0.29, 0.717) is 0 Å². The molecule has 0 bridgehead atoms. The molecule has 0 saturated heterocycles. The SMILES string of the molecule is C=C([CH2][Sn]([CH2]CCC)([CH2]CCC)[CH2]CCC)OC(C)=O. The molecule has 0 aliphatic carbocycles. The molecule has 0 rings (SSSR count). The van der Waals surface area contributed by atoms with Crippen molar-refractivity contribution in [3.63, 3.8) is 0 Å². The van der Waals surface area contributed by atoms with E-state index in [1.54, 1.807) is 0 Å². The predicted octanol–water partition coefficient (Wildman–Crippen LogP) is 5.91. The van der Waals surface area contributed by atoms with Crippen molar-refractivity contribution in [2.24, 2.45) is 0 Å². The first-order valence-corrected chi connectivity index (χ1v) is 16.4.